The molecule has 1 amide bonds. The highest BCUT2D eigenvalue weighted by molar-refractivity contribution is 5.78. The number of nitrogens with zero attached hydrogens (tertiary/aromatic N) is 2. The monoisotopic (exact) mass is 250 g/mol. The van der Waals surface area contributed by atoms with E-state index in [0.29, 0.717) is 19.5 Å². The van der Waals surface area contributed by atoms with Crippen LogP contribution in [0.5, 0.6) is 0 Å². The maximum atomic E-state index is 12.1. The van der Waals surface area contributed by atoms with E-state index in [2.05, 4.69) is 11.9 Å². The number of carbonyl (C=O) groups is 1. The Morgan fingerprint density at radius 3 is 2.83 bits per heavy atom. The third kappa shape index (κ3) is 4.45. The van der Waals surface area contributed by atoms with E-state index in [1.165, 1.54) is 0 Å². The average Bonchev–Trinajstić information content (AvgIpc) is 2.37. The number of hydrogen-bond donors (Lipinski definition) is 1. The minimum absolute atomic E-state index is 0.0106. The molecule has 0 spiro atoms. The number of hydrogen-bond acceptors (Lipinski definition) is 3. The summed E-state index contributed by atoms with van der Waals surface area (Å²) in [5, 5.41) is 9.00. The maximum Gasteiger partial charge on any atom is 0.228 e. The van der Waals surface area contributed by atoms with E-state index < -0.39 is 0 Å². The van der Waals surface area contributed by atoms with Crippen molar-refractivity contribution >= 4 is 5.91 Å². The standard InChI is InChI=1S/C14H22N2O2/c1-3-4-8-16(9-10-17)14(18)11-13-12(2)6-5-7-15-13/h5-7,17H,3-4,8-11H2,1-2H3. The Morgan fingerprint density at radius 1 is 1.44 bits per heavy atom. The van der Waals surface area contributed by atoms with Gasteiger partial charge in [-0.15, -0.1) is 0 Å². The molecule has 0 aromatic carbocycles. The second kappa shape index (κ2) is 7.82. The summed E-state index contributed by atoms with van der Waals surface area (Å²) in [4.78, 5) is 18.1. The van der Waals surface area contributed by atoms with Crippen LogP contribution < -0.4 is 0 Å². The van der Waals surface area contributed by atoms with Crippen LogP contribution >= 0.6 is 0 Å². The fourth-order valence-corrected chi connectivity index (χ4v) is 1.79. The van der Waals surface area contributed by atoms with Crippen LogP contribution in [0, 0.1) is 6.92 Å². The number of amides is 1. The molecule has 0 bridgehead atoms. The third-order valence-electron chi connectivity index (χ3n) is 2.94. The molecule has 1 rings (SSSR count). The summed E-state index contributed by atoms with van der Waals surface area (Å²) >= 11 is 0. The van der Waals surface area contributed by atoms with Gasteiger partial charge in [-0.2, -0.15) is 0 Å². The van der Waals surface area contributed by atoms with Gasteiger partial charge in [-0.25, -0.2) is 0 Å². The van der Waals surface area contributed by atoms with Gasteiger partial charge >= 0.3 is 0 Å². The minimum Gasteiger partial charge on any atom is -0.395 e. The van der Waals surface area contributed by atoms with E-state index in [-0.39, 0.29) is 12.5 Å². The number of aliphatic hydroxyl groups excluding tert-OH is 1. The van der Waals surface area contributed by atoms with Crippen molar-refractivity contribution in [1.82, 2.24) is 9.88 Å². The van der Waals surface area contributed by atoms with Gasteiger partial charge < -0.3 is 10.0 Å². The molecular weight excluding hydrogens is 228 g/mol. The van der Waals surface area contributed by atoms with Gasteiger partial charge in [0.2, 0.25) is 5.91 Å². The molecule has 0 aliphatic carbocycles. The van der Waals surface area contributed by atoms with E-state index >= 15 is 0 Å². The van der Waals surface area contributed by atoms with Crippen LogP contribution in [0.25, 0.3) is 0 Å². The van der Waals surface area contributed by atoms with Crippen LogP contribution in [-0.4, -0.2) is 40.6 Å². The number of pyridine rings is 1. The highest BCUT2D eigenvalue weighted by Crippen LogP contribution is 2.07. The molecule has 1 aromatic heterocycles. The number of aryl methyl sites for hydroxylation is 1. The summed E-state index contributed by atoms with van der Waals surface area (Å²) in [6, 6.07) is 3.82. The molecular formula is C14H22N2O2. The summed E-state index contributed by atoms with van der Waals surface area (Å²) in [6.45, 7) is 5.17. The first-order valence-corrected chi connectivity index (χ1v) is 6.48. The molecule has 0 unspecified atom stereocenters. The first-order valence-electron chi connectivity index (χ1n) is 6.48. The first kappa shape index (κ1) is 14.6. The van der Waals surface area contributed by atoms with Crippen molar-refractivity contribution in [3.63, 3.8) is 0 Å². The van der Waals surface area contributed by atoms with Gasteiger partial charge in [0.15, 0.2) is 0 Å². The molecule has 18 heavy (non-hydrogen) atoms. The SMILES string of the molecule is CCCCN(CCO)C(=O)Cc1ncccc1C. The Morgan fingerprint density at radius 2 is 2.22 bits per heavy atom. The van der Waals surface area contributed by atoms with Crippen LogP contribution in [0.15, 0.2) is 18.3 Å². The van der Waals surface area contributed by atoms with E-state index in [4.69, 9.17) is 5.11 Å². The predicted octanol–water partition coefficient (Wildman–Crippen LogP) is 1.55. The smallest absolute Gasteiger partial charge is 0.228 e. The highest BCUT2D eigenvalue weighted by Gasteiger charge is 2.14. The zero-order valence-corrected chi connectivity index (χ0v) is 11.2. The lowest BCUT2D eigenvalue weighted by atomic mass is 10.1. The molecule has 0 saturated heterocycles. The summed E-state index contributed by atoms with van der Waals surface area (Å²) in [5.74, 6) is 0.0410. The second-order valence-electron chi connectivity index (χ2n) is 4.40. The summed E-state index contributed by atoms with van der Waals surface area (Å²) < 4.78 is 0. The third-order valence-corrected chi connectivity index (χ3v) is 2.94. The Kier molecular flexibility index (Phi) is 6.36. The lowest BCUT2D eigenvalue weighted by Crippen LogP contribution is -2.35. The molecule has 1 N–H and O–H groups in total. The minimum atomic E-state index is 0.0106. The molecule has 4 nitrogen and oxygen atoms in total. The highest BCUT2D eigenvalue weighted by atomic mass is 16.3. The van der Waals surface area contributed by atoms with Crippen molar-refractivity contribution in [3.05, 3.63) is 29.6 Å². The molecule has 0 fully saturated rings. The number of aliphatic hydroxyl groups is 1. The average molecular weight is 250 g/mol. The summed E-state index contributed by atoms with van der Waals surface area (Å²) in [5.41, 5.74) is 1.85. The maximum absolute atomic E-state index is 12.1. The predicted molar refractivity (Wildman–Crippen MR) is 71.3 cm³/mol. The molecule has 0 aliphatic rings. The van der Waals surface area contributed by atoms with E-state index in [1.54, 1.807) is 11.1 Å². The van der Waals surface area contributed by atoms with Gasteiger partial charge in [0, 0.05) is 19.3 Å². The molecule has 0 saturated carbocycles. The van der Waals surface area contributed by atoms with E-state index in [0.717, 1.165) is 24.1 Å². The van der Waals surface area contributed by atoms with Gasteiger partial charge in [0.25, 0.3) is 0 Å². The molecule has 0 atom stereocenters. The molecule has 0 aliphatic heterocycles. The van der Waals surface area contributed by atoms with Crippen LogP contribution in [0.1, 0.15) is 31.0 Å². The zero-order valence-electron chi connectivity index (χ0n) is 11.2. The molecule has 1 aromatic rings. The van der Waals surface area contributed by atoms with Crippen molar-refractivity contribution in [3.8, 4) is 0 Å². The van der Waals surface area contributed by atoms with Crippen molar-refractivity contribution < 1.29 is 9.90 Å². The Bertz CT molecular complexity index is 380. The van der Waals surface area contributed by atoms with Crippen LogP contribution in [0.2, 0.25) is 0 Å². The number of aromatic nitrogens is 1. The lowest BCUT2D eigenvalue weighted by molar-refractivity contribution is -0.131. The van der Waals surface area contributed by atoms with Crippen LogP contribution in [0.4, 0.5) is 0 Å². The largest absolute Gasteiger partial charge is 0.395 e. The number of unbranched alkanes of at least 4 members (excludes halogenated alkanes) is 1. The zero-order chi connectivity index (χ0) is 13.4. The Balaban J connectivity index is 2.63. The Hall–Kier alpha value is -1.42. The van der Waals surface area contributed by atoms with Crippen molar-refractivity contribution in [2.75, 3.05) is 19.7 Å². The summed E-state index contributed by atoms with van der Waals surface area (Å²) in [6.07, 6.45) is 4.03. The first-order chi connectivity index (χ1) is 8.69. The van der Waals surface area contributed by atoms with Gasteiger partial charge in [-0.1, -0.05) is 19.4 Å². The normalized spacial score (nSPS) is 10.4. The second-order valence-corrected chi connectivity index (χ2v) is 4.40. The van der Waals surface area contributed by atoms with Gasteiger partial charge in [0.05, 0.1) is 18.7 Å². The fourth-order valence-electron chi connectivity index (χ4n) is 1.79. The van der Waals surface area contributed by atoms with Gasteiger partial charge in [-0.3, -0.25) is 9.78 Å². The van der Waals surface area contributed by atoms with Crippen LogP contribution in [-0.2, 0) is 11.2 Å². The van der Waals surface area contributed by atoms with Crippen LogP contribution in [0.3, 0.4) is 0 Å². The van der Waals surface area contributed by atoms with Crippen molar-refractivity contribution in [2.45, 2.75) is 33.1 Å². The quantitative estimate of drug-likeness (QED) is 0.799. The Labute approximate surface area is 109 Å². The molecule has 100 valence electrons. The van der Waals surface area contributed by atoms with E-state index in [1.807, 2.05) is 19.1 Å². The topological polar surface area (TPSA) is 53.4 Å². The number of rotatable bonds is 7. The molecule has 1 heterocycles. The number of carbonyl (C=O) groups excluding carboxylic acids is 1. The summed E-state index contributed by atoms with van der Waals surface area (Å²) in [7, 11) is 0. The lowest BCUT2D eigenvalue weighted by Gasteiger charge is -2.21. The van der Waals surface area contributed by atoms with Gasteiger partial charge in [-0.05, 0) is 25.0 Å². The van der Waals surface area contributed by atoms with E-state index in [9.17, 15) is 4.79 Å². The van der Waals surface area contributed by atoms with Crippen molar-refractivity contribution in [2.24, 2.45) is 0 Å². The molecule has 4 heteroatoms. The van der Waals surface area contributed by atoms with Gasteiger partial charge in [0.1, 0.15) is 0 Å². The van der Waals surface area contributed by atoms with Crippen molar-refractivity contribution in [1.29, 1.82) is 0 Å². The molecule has 0 radical (unpaired) electrons. The fraction of sp³-hybridized carbons (Fsp3) is 0.571.